The lowest BCUT2D eigenvalue weighted by Crippen LogP contribution is -2.44. The number of hydrogen-bond donors (Lipinski definition) is 2. The van der Waals surface area contributed by atoms with Crippen LogP contribution in [0.2, 0.25) is 0 Å². The van der Waals surface area contributed by atoms with Gasteiger partial charge in [-0.05, 0) is 62.2 Å². The molecule has 2 amide bonds. The quantitative estimate of drug-likeness (QED) is 0.780. The first kappa shape index (κ1) is 18.3. The number of hydrogen-bond acceptors (Lipinski definition) is 2. The average molecular weight is 322 g/mol. The summed E-state index contributed by atoms with van der Waals surface area (Å²) in [5.41, 5.74) is 0. The highest BCUT2D eigenvalue weighted by Gasteiger charge is 2.30. The van der Waals surface area contributed by atoms with Crippen LogP contribution in [0.3, 0.4) is 0 Å². The van der Waals surface area contributed by atoms with Gasteiger partial charge in [-0.1, -0.05) is 27.7 Å². The third-order valence-corrected chi connectivity index (χ3v) is 6.46. The summed E-state index contributed by atoms with van der Waals surface area (Å²) in [7, 11) is 0. The number of rotatable bonds is 4. The largest absolute Gasteiger partial charge is 0.338 e. The Labute approximate surface area is 141 Å². The van der Waals surface area contributed by atoms with E-state index in [0.29, 0.717) is 11.8 Å². The summed E-state index contributed by atoms with van der Waals surface area (Å²) >= 11 is 0. The molecule has 2 saturated carbocycles. The molecule has 0 aromatic rings. The summed E-state index contributed by atoms with van der Waals surface area (Å²) in [4.78, 5) is 24.5. The van der Waals surface area contributed by atoms with Crippen LogP contribution >= 0.6 is 0 Å². The van der Waals surface area contributed by atoms with Crippen LogP contribution in [0.5, 0.6) is 0 Å². The Balaban J connectivity index is 1.68. The molecule has 132 valence electrons. The highest BCUT2D eigenvalue weighted by Crippen LogP contribution is 2.34. The fourth-order valence-corrected chi connectivity index (χ4v) is 4.08. The molecule has 2 fully saturated rings. The standard InChI is InChI=1S/C19H34N2O2/c1-12-5-7-16(9-14(12)3)18(22)20-11-21-19(23)17-8-6-13(2)15(4)10-17/h12-17H,5-11H2,1-4H3,(H,20,22)(H,21,23). The van der Waals surface area contributed by atoms with E-state index in [4.69, 9.17) is 0 Å². The summed E-state index contributed by atoms with van der Waals surface area (Å²) < 4.78 is 0. The lowest BCUT2D eigenvalue weighted by atomic mass is 9.75. The zero-order chi connectivity index (χ0) is 17.0. The van der Waals surface area contributed by atoms with Crippen LogP contribution in [0.15, 0.2) is 0 Å². The van der Waals surface area contributed by atoms with Gasteiger partial charge < -0.3 is 10.6 Å². The van der Waals surface area contributed by atoms with Crippen LogP contribution in [-0.4, -0.2) is 18.5 Å². The van der Waals surface area contributed by atoms with E-state index in [9.17, 15) is 9.59 Å². The Hall–Kier alpha value is -1.06. The van der Waals surface area contributed by atoms with E-state index in [2.05, 4.69) is 38.3 Å². The van der Waals surface area contributed by atoms with E-state index < -0.39 is 0 Å². The first-order valence-corrected chi connectivity index (χ1v) is 9.43. The lowest BCUT2D eigenvalue weighted by molar-refractivity contribution is -0.128. The Kier molecular flexibility index (Phi) is 6.49. The smallest absolute Gasteiger partial charge is 0.224 e. The molecular formula is C19H34N2O2. The van der Waals surface area contributed by atoms with Crippen molar-refractivity contribution in [3.8, 4) is 0 Å². The van der Waals surface area contributed by atoms with Gasteiger partial charge in [-0.15, -0.1) is 0 Å². The zero-order valence-electron chi connectivity index (χ0n) is 15.2. The van der Waals surface area contributed by atoms with E-state index >= 15 is 0 Å². The van der Waals surface area contributed by atoms with Crippen molar-refractivity contribution in [2.45, 2.75) is 66.2 Å². The molecule has 23 heavy (non-hydrogen) atoms. The predicted molar refractivity (Wildman–Crippen MR) is 92.5 cm³/mol. The average Bonchev–Trinajstić information content (AvgIpc) is 2.52. The fraction of sp³-hybridized carbons (Fsp3) is 0.895. The third-order valence-electron chi connectivity index (χ3n) is 6.46. The molecule has 0 aromatic carbocycles. The first-order valence-electron chi connectivity index (χ1n) is 9.43. The van der Waals surface area contributed by atoms with Crippen molar-refractivity contribution in [1.29, 1.82) is 0 Å². The molecule has 0 aromatic heterocycles. The van der Waals surface area contributed by atoms with E-state index in [1.54, 1.807) is 0 Å². The summed E-state index contributed by atoms with van der Waals surface area (Å²) in [6.45, 7) is 9.28. The molecule has 2 aliphatic rings. The Morgan fingerprint density at radius 2 is 1.09 bits per heavy atom. The maximum Gasteiger partial charge on any atom is 0.224 e. The van der Waals surface area contributed by atoms with Gasteiger partial charge in [0.15, 0.2) is 0 Å². The van der Waals surface area contributed by atoms with Gasteiger partial charge in [-0.3, -0.25) is 9.59 Å². The molecule has 2 aliphatic carbocycles. The van der Waals surface area contributed by atoms with Crippen molar-refractivity contribution in [3.63, 3.8) is 0 Å². The van der Waals surface area contributed by atoms with Crippen molar-refractivity contribution in [3.05, 3.63) is 0 Å². The monoisotopic (exact) mass is 322 g/mol. The second-order valence-corrected chi connectivity index (χ2v) is 8.19. The van der Waals surface area contributed by atoms with Gasteiger partial charge in [-0.25, -0.2) is 0 Å². The van der Waals surface area contributed by atoms with Gasteiger partial charge in [-0.2, -0.15) is 0 Å². The van der Waals surface area contributed by atoms with Crippen LogP contribution < -0.4 is 10.6 Å². The van der Waals surface area contributed by atoms with Crippen LogP contribution in [0.25, 0.3) is 0 Å². The normalized spacial score (nSPS) is 37.9. The van der Waals surface area contributed by atoms with Crippen LogP contribution in [-0.2, 0) is 9.59 Å². The fourth-order valence-electron chi connectivity index (χ4n) is 4.08. The molecule has 2 rings (SSSR count). The Morgan fingerprint density at radius 1 is 0.696 bits per heavy atom. The first-order chi connectivity index (χ1) is 10.9. The van der Waals surface area contributed by atoms with E-state index in [1.165, 1.54) is 0 Å². The Bertz CT molecular complexity index is 386. The minimum absolute atomic E-state index is 0.106. The minimum Gasteiger partial charge on any atom is -0.338 e. The van der Waals surface area contributed by atoms with E-state index in [0.717, 1.165) is 50.4 Å². The molecule has 0 aliphatic heterocycles. The molecular weight excluding hydrogens is 288 g/mol. The molecule has 0 spiro atoms. The van der Waals surface area contributed by atoms with Crippen molar-refractivity contribution in [2.24, 2.45) is 35.5 Å². The summed E-state index contributed by atoms with van der Waals surface area (Å²) in [6.07, 6.45) is 6.15. The van der Waals surface area contributed by atoms with Gasteiger partial charge in [0.25, 0.3) is 0 Å². The van der Waals surface area contributed by atoms with Gasteiger partial charge in [0.1, 0.15) is 0 Å². The highest BCUT2D eigenvalue weighted by molar-refractivity contribution is 5.81. The second-order valence-electron chi connectivity index (χ2n) is 8.19. The molecule has 0 heterocycles. The van der Waals surface area contributed by atoms with Gasteiger partial charge in [0.2, 0.25) is 11.8 Å². The summed E-state index contributed by atoms with van der Waals surface area (Å²) in [6, 6.07) is 0. The predicted octanol–water partition coefficient (Wildman–Crippen LogP) is 3.32. The number of amides is 2. The SMILES string of the molecule is CC1CCC(C(=O)NCNC(=O)C2CCC(C)C(C)C2)CC1C. The van der Waals surface area contributed by atoms with Gasteiger partial charge >= 0.3 is 0 Å². The molecule has 6 unspecified atom stereocenters. The number of nitrogens with one attached hydrogen (secondary N) is 2. The Morgan fingerprint density at radius 3 is 1.43 bits per heavy atom. The highest BCUT2D eigenvalue weighted by atomic mass is 16.2. The van der Waals surface area contributed by atoms with Crippen molar-refractivity contribution in [2.75, 3.05) is 6.67 Å². The van der Waals surface area contributed by atoms with Crippen LogP contribution in [0, 0.1) is 35.5 Å². The summed E-state index contributed by atoms with van der Waals surface area (Å²) in [5.74, 6) is 3.11. The molecule has 6 atom stereocenters. The van der Waals surface area contributed by atoms with E-state index in [1.807, 2.05) is 0 Å². The number of carbonyl (C=O) groups excluding carboxylic acids is 2. The molecule has 0 radical (unpaired) electrons. The molecule has 4 nitrogen and oxygen atoms in total. The van der Waals surface area contributed by atoms with Crippen LogP contribution in [0.4, 0.5) is 0 Å². The maximum atomic E-state index is 12.2. The zero-order valence-corrected chi connectivity index (χ0v) is 15.2. The maximum absolute atomic E-state index is 12.2. The number of carbonyl (C=O) groups is 2. The summed E-state index contributed by atoms with van der Waals surface area (Å²) in [5, 5.41) is 5.81. The lowest BCUT2D eigenvalue weighted by Gasteiger charge is -2.32. The van der Waals surface area contributed by atoms with Gasteiger partial charge in [0, 0.05) is 11.8 Å². The molecule has 2 N–H and O–H groups in total. The molecule has 0 bridgehead atoms. The minimum atomic E-state index is 0.106. The topological polar surface area (TPSA) is 58.2 Å². The molecule has 4 heteroatoms. The van der Waals surface area contributed by atoms with Crippen LogP contribution in [0.1, 0.15) is 66.2 Å². The van der Waals surface area contributed by atoms with Gasteiger partial charge in [0.05, 0.1) is 6.67 Å². The van der Waals surface area contributed by atoms with Crippen molar-refractivity contribution < 1.29 is 9.59 Å². The molecule has 0 saturated heterocycles. The van der Waals surface area contributed by atoms with Crippen molar-refractivity contribution in [1.82, 2.24) is 10.6 Å². The van der Waals surface area contributed by atoms with Crippen molar-refractivity contribution >= 4 is 11.8 Å². The third kappa shape index (κ3) is 4.95. The van der Waals surface area contributed by atoms with E-state index in [-0.39, 0.29) is 30.3 Å². The second kappa shape index (κ2) is 8.16.